The van der Waals surface area contributed by atoms with E-state index in [4.69, 9.17) is 114 Å². The first-order valence-electron chi connectivity index (χ1n) is 40.4. The monoisotopic (exact) mass is 1750 g/mol. The van der Waals surface area contributed by atoms with Gasteiger partial charge in [-0.05, 0) is 250 Å². The molecule has 0 aromatic carbocycles. The fourth-order valence-electron chi connectivity index (χ4n) is 13.0. The molecule has 0 bridgehead atoms. The van der Waals surface area contributed by atoms with Crippen LogP contribution in [0.1, 0.15) is 65.2 Å². The number of epoxide rings is 5. The fraction of sp³-hybridized carbons (Fsp3) is 0.957. The van der Waals surface area contributed by atoms with Crippen molar-refractivity contribution in [2.24, 2.45) is 0 Å². The summed E-state index contributed by atoms with van der Waals surface area (Å²) in [6.07, 6.45) is 8.46. The average molecular weight is 1750 g/mol. The number of rotatable bonds is 67. The average Bonchev–Trinajstić information content (AvgIpc) is 1.77. The van der Waals surface area contributed by atoms with Gasteiger partial charge in [0, 0.05) is 65.0 Å². The number of aliphatic hydroxyl groups excluding tert-OH is 2. The first kappa shape index (κ1) is 103. The second-order valence-electron chi connectivity index (χ2n) is 35.0. The van der Waals surface area contributed by atoms with E-state index in [2.05, 4.69) is 151 Å². The lowest BCUT2D eigenvalue weighted by molar-refractivity contribution is -0.139. The van der Waals surface area contributed by atoms with Crippen molar-refractivity contribution < 1.29 is 118 Å². The maximum atomic E-state index is 11.9. The van der Waals surface area contributed by atoms with Crippen LogP contribution in [0.15, 0.2) is 12.2 Å². The predicted octanol–water partition coefficient (Wildman–Crippen LogP) is 13.9. The topological polar surface area (TPSA) is 286 Å². The smallest absolute Gasteiger partial charge is 0.333 e. The predicted molar refractivity (Wildman–Crippen MR) is 453 cm³/mol. The normalized spacial score (nSPS) is 20.7. The number of carbonyl (C=O) groups is 1. The summed E-state index contributed by atoms with van der Waals surface area (Å²) < 4.78 is 138. The second kappa shape index (κ2) is 50.7. The Balaban J connectivity index is 0.000000421. The molecule has 5 aliphatic heterocycles. The molecule has 38 heteroatoms. The number of hydrogen-bond acceptors (Lipinski definition) is 26. The van der Waals surface area contributed by atoms with E-state index in [1.165, 1.54) is 0 Å². The van der Waals surface area contributed by atoms with Crippen LogP contribution < -0.4 is 0 Å². The summed E-state index contributed by atoms with van der Waals surface area (Å²) in [6, 6.07) is 8.32. The quantitative estimate of drug-likeness (QED) is 0.0143. The van der Waals surface area contributed by atoms with Gasteiger partial charge in [-0.15, -0.1) is 0 Å². The molecule has 0 amide bonds. The lowest BCUT2D eigenvalue weighted by Crippen LogP contribution is -2.58. The van der Waals surface area contributed by atoms with Gasteiger partial charge in [0.15, 0.2) is 56.2 Å². The SMILES string of the molecule is C=C(C)C(=O)OCCC[Si](C)(O[Si](C)(C)CCCOCC1CO1)O[Si](C)(C)O[Si](C)(C)CCCOCC1CO1.CCCOCC[Si](C)(C)O[Si](C)(CCCOCC1CO1)O[Si](C)(C)O[Si](C)(C)CCCOCCO.C[Si](C)(CCCOCC1CO1)O[Si](C)(C)O[Si](C)(CCCOCO)O[Si](C)(C)CCOC1CO1. The van der Waals surface area contributed by atoms with Crippen molar-refractivity contribution in [3.05, 3.63) is 12.2 Å². The number of aliphatic hydroxyl groups is 2. The standard InChI is InChI=1S/C26H54O9Si4.C23H54O8Si4.C21H48O9Si4/c1-23(2)26(27)30-15-12-18-39(9,34-37(5,6)17-11-14-29-20-25-22-32-25)35-38(7,8)33-36(3,4)16-10-13-28-19-24-21-31-24;1-9-13-25-17-20-33(4,5)30-35(8,19-11-15-27-21-23-22-28-23)31-34(6,7)29-32(2,3)18-10-14-26-16-12-24;1-31(2,13-8-10-23-16-20-17-26-20)28-33(5,6)30-34(7,14-9-11-24-19-22)29-32(3,4)15-12-25-21-18-27-21/h24-25H,1,10-22H2,2-9H3;23-24H,9-22H2,1-8H3;20-22H,8-19H2,1-7H3. The zero-order valence-corrected chi connectivity index (χ0v) is 83.9. The minimum atomic E-state index is -2.64. The van der Waals surface area contributed by atoms with E-state index in [9.17, 15) is 4.79 Å². The van der Waals surface area contributed by atoms with E-state index >= 15 is 0 Å². The summed E-state index contributed by atoms with van der Waals surface area (Å²) in [5.74, 6) is -0.356. The van der Waals surface area contributed by atoms with Crippen molar-refractivity contribution in [2.45, 2.75) is 288 Å². The molecule has 640 valence electrons. The molecule has 0 saturated carbocycles. The van der Waals surface area contributed by atoms with Gasteiger partial charge in [0.25, 0.3) is 0 Å². The third-order valence-electron chi connectivity index (χ3n) is 17.6. The highest BCUT2D eigenvalue weighted by Crippen LogP contribution is 2.35. The van der Waals surface area contributed by atoms with Crippen LogP contribution >= 0.6 is 0 Å². The van der Waals surface area contributed by atoms with Gasteiger partial charge in [-0.3, -0.25) is 0 Å². The molecule has 8 atom stereocenters. The van der Waals surface area contributed by atoms with Gasteiger partial charge in [0.05, 0.1) is 72.7 Å². The first-order valence-corrected chi connectivity index (χ1v) is 75.1. The molecule has 2 N–H and O–H groups in total. The van der Waals surface area contributed by atoms with Crippen LogP contribution in [0.25, 0.3) is 0 Å². The van der Waals surface area contributed by atoms with Gasteiger partial charge in [0.2, 0.25) is 0 Å². The molecule has 5 aliphatic rings. The molecular weight excluding hydrogens is 1590 g/mol. The zero-order valence-electron chi connectivity index (χ0n) is 71.9. The Morgan fingerprint density at radius 3 is 0.935 bits per heavy atom. The molecule has 0 aromatic rings. The molecule has 26 nitrogen and oxygen atoms in total. The largest absolute Gasteiger partial charge is 0.462 e. The van der Waals surface area contributed by atoms with Gasteiger partial charge < -0.3 is 114 Å². The van der Waals surface area contributed by atoms with Crippen molar-refractivity contribution in [1.82, 2.24) is 0 Å². The molecule has 0 spiro atoms. The molecule has 108 heavy (non-hydrogen) atoms. The van der Waals surface area contributed by atoms with Crippen LogP contribution in [0.4, 0.5) is 0 Å². The van der Waals surface area contributed by atoms with Crippen LogP contribution in [0, 0.1) is 0 Å². The maximum Gasteiger partial charge on any atom is 0.333 e. The Kier molecular flexibility index (Phi) is 48.4. The lowest BCUT2D eigenvalue weighted by Gasteiger charge is -2.43. The maximum absolute atomic E-state index is 11.9. The van der Waals surface area contributed by atoms with Crippen molar-refractivity contribution in [3.8, 4) is 0 Å². The van der Waals surface area contributed by atoms with Crippen LogP contribution in [-0.2, 0) is 108 Å². The van der Waals surface area contributed by atoms with Crippen LogP contribution in [0.5, 0.6) is 0 Å². The van der Waals surface area contributed by atoms with Gasteiger partial charge >= 0.3 is 57.3 Å². The van der Waals surface area contributed by atoms with Crippen LogP contribution in [-0.4, -0.2) is 294 Å². The first-order chi connectivity index (χ1) is 50.3. The number of ether oxygens (including phenoxy) is 14. The fourth-order valence-corrected chi connectivity index (χ4v) is 71.2. The van der Waals surface area contributed by atoms with Crippen LogP contribution in [0.2, 0.25) is 192 Å². The van der Waals surface area contributed by atoms with Gasteiger partial charge in [-0.2, -0.15) is 0 Å². The summed E-state index contributed by atoms with van der Waals surface area (Å²) in [5, 5.41) is 17.8. The Bertz CT molecular complexity index is 2430. The Labute approximate surface area is 666 Å². The van der Waals surface area contributed by atoms with Crippen LogP contribution in [0.3, 0.4) is 0 Å². The second-order valence-corrected chi connectivity index (χ2v) is 83.1. The van der Waals surface area contributed by atoms with Gasteiger partial charge in [-0.1, -0.05) is 13.5 Å². The van der Waals surface area contributed by atoms with E-state index in [1.54, 1.807) is 6.92 Å². The third-order valence-corrected chi connectivity index (χ3v) is 65.8. The molecule has 5 rings (SSSR count). The summed E-state index contributed by atoms with van der Waals surface area (Å²) >= 11 is 0. The minimum Gasteiger partial charge on any atom is -0.462 e. The van der Waals surface area contributed by atoms with E-state index in [-0.39, 0.29) is 25.7 Å². The van der Waals surface area contributed by atoms with Gasteiger partial charge in [-0.25, -0.2) is 4.79 Å². The highest BCUT2D eigenvalue weighted by molar-refractivity contribution is 6.92. The summed E-state index contributed by atoms with van der Waals surface area (Å²) in [5.41, 5.74) is 0.409. The van der Waals surface area contributed by atoms with E-state index in [0.29, 0.717) is 109 Å². The number of esters is 1. The van der Waals surface area contributed by atoms with E-state index in [1.807, 2.05) is 0 Å². The highest BCUT2D eigenvalue weighted by atomic mass is 28.5. The van der Waals surface area contributed by atoms with Crippen molar-refractivity contribution in [2.75, 3.05) is 146 Å². The number of hydrogen-bond donors (Lipinski definition) is 2. The summed E-state index contributed by atoms with van der Waals surface area (Å²) in [4.78, 5) is 11.9. The summed E-state index contributed by atoms with van der Waals surface area (Å²) in [6.45, 7) is 67.5. The van der Waals surface area contributed by atoms with E-state index in [0.717, 1.165) is 159 Å². The van der Waals surface area contributed by atoms with Crippen molar-refractivity contribution >= 4 is 107 Å². The molecular formula is C70H156O26Si12. The van der Waals surface area contributed by atoms with Crippen molar-refractivity contribution in [1.29, 1.82) is 0 Å². The van der Waals surface area contributed by atoms with Crippen molar-refractivity contribution in [3.63, 3.8) is 0 Å². The Hall–Kier alpha value is 0.853. The molecule has 8 unspecified atom stereocenters. The third kappa shape index (κ3) is 55.5. The summed E-state index contributed by atoms with van der Waals surface area (Å²) in [7, 11) is -26.9. The van der Waals surface area contributed by atoms with Gasteiger partial charge in [0.1, 0.15) is 37.8 Å². The molecule has 0 radical (unpaired) electrons. The Morgan fingerprint density at radius 1 is 0.343 bits per heavy atom. The number of carbonyl (C=O) groups excluding carboxylic acids is 1. The zero-order chi connectivity index (χ0) is 80.9. The molecule has 0 aliphatic carbocycles. The molecule has 5 saturated heterocycles. The molecule has 5 fully saturated rings. The highest BCUT2D eigenvalue weighted by Gasteiger charge is 2.50. The minimum absolute atomic E-state index is 0.0281. The lowest BCUT2D eigenvalue weighted by atomic mass is 10.4. The molecule has 5 heterocycles. The van der Waals surface area contributed by atoms with E-state index < -0.39 is 101 Å². The molecule has 0 aromatic heterocycles. The Morgan fingerprint density at radius 2 is 0.630 bits per heavy atom.